The molecule has 1 aliphatic carbocycles. The Hall–Kier alpha value is -3.35. The van der Waals surface area contributed by atoms with Gasteiger partial charge in [-0.15, -0.1) is 12.4 Å². The molecule has 196 valence electrons. The predicted octanol–water partition coefficient (Wildman–Crippen LogP) is 7.10. The minimum absolute atomic E-state index is 0. The highest BCUT2D eigenvalue weighted by molar-refractivity contribution is 6.30. The van der Waals surface area contributed by atoms with Crippen LogP contribution < -0.4 is 10.1 Å². The van der Waals surface area contributed by atoms with Gasteiger partial charge >= 0.3 is 5.97 Å². The first-order valence-electron chi connectivity index (χ1n) is 12.3. The lowest BCUT2D eigenvalue weighted by Crippen LogP contribution is -2.37. The summed E-state index contributed by atoms with van der Waals surface area (Å²) in [5.74, 6) is 0.316. The van der Waals surface area contributed by atoms with Crippen molar-refractivity contribution in [3.05, 3.63) is 118 Å². The number of carboxylic acid groups (broad SMARTS) is 1. The minimum Gasteiger partial charge on any atom is -0.478 e. The van der Waals surface area contributed by atoms with Crippen molar-refractivity contribution >= 4 is 30.0 Å². The molecular formula is C31H29Cl2NO4. The quantitative estimate of drug-likeness (QED) is 0.218. The van der Waals surface area contributed by atoms with Gasteiger partial charge in [0, 0.05) is 17.6 Å². The van der Waals surface area contributed by atoms with Crippen LogP contribution in [0.5, 0.6) is 11.5 Å². The van der Waals surface area contributed by atoms with Gasteiger partial charge in [-0.2, -0.15) is 0 Å². The number of hydrogen-bond acceptors (Lipinski definition) is 4. The van der Waals surface area contributed by atoms with Crippen LogP contribution in [0, 0.1) is 0 Å². The van der Waals surface area contributed by atoms with Crippen molar-refractivity contribution in [2.45, 2.75) is 31.4 Å². The number of fused-ring (bicyclic) bond motifs is 1. The Kier molecular flexibility index (Phi) is 9.08. The zero-order valence-electron chi connectivity index (χ0n) is 20.6. The second-order valence-corrected chi connectivity index (χ2v) is 9.79. The molecular weight excluding hydrogens is 521 g/mol. The summed E-state index contributed by atoms with van der Waals surface area (Å²) < 4.78 is 5.86. The zero-order chi connectivity index (χ0) is 25.8. The van der Waals surface area contributed by atoms with E-state index in [0.717, 1.165) is 36.0 Å². The number of ether oxygens (including phenoxy) is 1. The Bertz CT molecular complexity index is 1390. The van der Waals surface area contributed by atoms with Crippen LogP contribution >= 0.6 is 24.0 Å². The van der Waals surface area contributed by atoms with Crippen molar-refractivity contribution in [2.24, 2.45) is 0 Å². The molecule has 2 atom stereocenters. The summed E-state index contributed by atoms with van der Waals surface area (Å²) in [4.78, 5) is 11.0. The number of nitrogens with one attached hydrogen (secondary N) is 1. The summed E-state index contributed by atoms with van der Waals surface area (Å²) in [6.07, 6.45) is 2.36. The van der Waals surface area contributed by atoms with Crippen LogP contribution in [0.1, 0.15) is 39.6 Å². The minimum atomic E-state index is -0.960. The van der Waals surface area contributed by atoms with E-state index in [1.807, 2.05) is 48.5 Å². The lowest BCUT2D eigenvalue weighted by molar-refractivity contribution is 0.0697. The normalized spacial score (nSPS) is 15.2. The zero-order valence-corrected chi connectivity index (χ0v) is 22.2. The van der Waals surface area contributed by atoms with E-state index in [1.54, 1.807) is 12.1 Å². The monoisotopic (exact) mass is 549 g/mol. The summed E-state index contributed by atoms with van der Waals surface area (Å²) in [7, 11) is 0. The van der Waals surface area contributed by atoms with Crippen molar-refractivity contribution in [2.75, 3.05) is 6.54 Å². The van der Waals surface area contributed by atoms with Crippen molar-refractivity contribution in [3.63, 3.8) is 0 Å². The lowest BCUT2D eigenvalue weighted by Gasteiger charge is -2.27. The molecule has 0 radical (unpaired) electrons. The topological polar surface area (TPSA) is 78.8 Å². The fraction of sp³-hybridized carbons (Fsp3) is 0.194. The second kappa shape index (κ2) is 12.5. The maximum atomic E-state index is 11.0. The molecule has 0 amide bonds. The molecule has 4 aromatic rings. The van der Waals surface area contributed by atoms with E-state index >= 15 is 0 Å². The Morgan fingerprint density at radius 1 is 0.921 bits per heavy atom. The van der Waals surface area contributed by atoms with Gasteiger partial charge in [0.25, 0.3) is 0 Å². The number of rotatable bonds is 8. The number of aryl methyl sites for hydroxylation is 1. The van der Waals surface area contributed by atoms with E-state index in [9.17, 15) is 9.90 Å². The standard InChI is InChI=1S/C31H28ClNO4.ClH/c32-26-3-1-2-24(17-26)30(34)19-33-27-11-6-21-4-5-23(16-25(21)18-27)20-7-12-28(13-8-20)37-29-14-9-22(10-15-29)31(35)36;/h1-5,7-10,12-17,27,30,33-34H,6,11,18-19H2,(H,35,36);1H/t27-,30-;/m0./s1. The Labute approximate surface area is 233 Å². The maximum Gasteiger partial charge on any atom is 0.335 e. The number of carboxylic acids is 1. The van der Waals surface area contributed by atoms with E-state index in [1.165, 1.54) is 23.3 Å². The fourth-order valence-electron chi connectivity index (χ4n) is 4.74. The summed E-state index contributed by atoms with van der Waals surface area (Å²) in [6, 6.07) is 28.6. The molecule has 0 aliphatic heterocycles. The second-order valence-electron chi connectivity index (χ2n) is 9.36. The summed E-state index contributed by atoms with van der Waals surface area (Å²) in [6.45, 7) is 0.487. The van der Waals surface area contributed by atoms with Gasteiger partial charge in [0.2, 0.25) is 0 Å². The summed E-state index contributed by atoms with van der Waals surface area (Å²) in [5.41, 5.74) is 6.01. The van der Waals surface area contributed by atoms with Gasteiger partial charge in [-0.3, -0.25) is 0 Å². The van der Waals surface area contributed by atoms with Crippen LogP contribution in [-0.4, -0.2) is 28.8 Å². The maximum absolute atomic E-state index is 11.0. The molecule has 5 rings (SSSR count). The van der Waals surface area contributed by atoms with E-state index in [2.05, 4.69) is 23.5 Å². The molecule has 0 fully saturated rings. The average Bonchev–Trinajstić information content (AvgIpc) is 2.92. The average molecular weight is 550 g/mol. The molecule has 0 heterocycles. The van der Waals surface area contributed by atoms with Crippen molar-refractivity contribution in [1.82, 2.24) is 5.32 Å². The van der Waals surface area contributed by atoms with Crippen LogP contribution in [0.3, 0.4) is 0 Å². The van der Waals surface area contributed by atoms with Gasteiger partial charge in [0.1, 0.15) is 11.5 Å². The molecule has 7 heteroatoms. The number of aromatic carboxylic acids is 1. The van der Waals surface area contributed by atoms with Gasteiger partial charge in [0.05, 0.1) is 11.7 Å². The molecule has 0 unspecified atom stereocenters. The molecule has 38 heavy (non-hydrogen) atoms. The number of hydrogen-bond donors (Lipinski definition) is 3. The molecule has 0 aromatic heterocycles. The van der Waals surface area contributed by atoms with Gasteiger partial charge in [-0.25, -0.2) is 4.79 Å². The van der Waals surface area contributed by atoms with Crippen LogP contribution in [0.4, 0.5) is 0 Å². The first-order chi connectivity index (χ1) is 17.9. The number of aliphatic hydroxyl groups is 1. The molecule has 0 bridgehead atoms. The Morgan fingerprint density at radius 3 is 2.29 bits per heavy atom. The number of aliphatic hydroxyl groups excluding tert-OH is 1. The molecule has 0 spiro atoms. The fourth-order valence-corrected chi connectivity index (χ4v) is 4.94. The molecule has 0 saturated carbocycles. The van der Waals surface area contributed by atoms with Gasteiger partial charge in [0.15, 0.2) is 0 Å². The molecule has 3 N–H and O–H groups in total. The largest absolute Gasteiger partial charge is 0.478 e. The summed E-state index contributed by atoms with van der Waals surface area (Å²) >= 11 is 6.06. The van der Waals surface area contributed by atoms with Gasteiger partial charge in [-0.1, -0.05) is 54.1 Å². The molecule has 0 saturated heterocycles. The third kappa shape index (κ3) is 6.74. The van der Waals surface area contributed by atoms with Crippen LogP contribution in [0.25, 0.3) is 11.1 Å². The van der Waals surface area contributed by atoms with E-state index in [-0.39, 0.29) is 18.0 Å². The smallest absolute Gasteiger partial charge is 0.335 e. The molecule has 4 aromatic carbocycles. The highest BCUT2D eigenvalue weighted by atomic mass is 35.5. The van der Waals surface area contributed by atoms with Gasteiger partial charge < -0.3 is 20.3 Å². The summed E-state index contributed by atoms with van der Waals surface area (Å²) in [5, 5.41) is 23.8. The van der Waals surface area contributed by atoms with Crippen molar-refractivity contribution < 1.29 is 19.7 Å². The highest BCUT2D eigenvalue weighted by Crippen LogP contribution is 2.30. The molecule has 5 nitrogen and oxygen atoms in total. The van der Waals surface area contributed by atoms with Crippen molar-refractivity contribution in [1.29, 1.82) is 0 Å². The first-order valence-corrected chi connectivity index (χ1v) is 12.7. The van der Waals surface area contributed by atoms with E-state index < -0.39 is 12.1 Å². The lowest BCUT2D eigenvalue weighted by atomic mass is 9.86. The van der Waals surface area contributed by atoms with Crippen LogP contribution in [-0.2, 0) is 12.8 Å². The number of carbonyl (C=O) groups is 1. The first kappa shape index (κ1) is 27.7. The van der Waals surface area contributed by atoms with Crippen LogP contribution in [0.15, 0.2) is 91.0 Å². The third-order valence-electron chi connectivity index (χ3n) is 6.79. The van der Waals surface area contributed by atoms with Crippen molar-refractivity contribution in [3.8, 4) is 22.6 Å². The molecule has 1 aliphatic rings. The van der Waals surface area contributed by atoms with E-state index in [4.69, 9.17) is 21.4 Å². The van der Waals surface area contributed by atoms with E-state index in [0.29, 0.717) is 29.1 Å². The SMILES string of the molecule is Cl.O=C(O)c1ccc(Oc2ccc(-c3ccc4c(c3)C[C@@H](NC[C@H](O)c3cccc(Cl)c3)CC4)cc2)cc1. The van der Waals surface area contributed by atoms with Gasteiger partial charge in [-0.05, 0) is 95.6 Å². The third-order valence-corrected chi connectivity index (χ3v) is 7.03. The van der Waals surface area contributed by atoms with Crippen LogP contribution in [0.2, 0.25) is 5.02 Å². The Morgan fingerprint density at radius 2 is 1.61 bits per heavy atom. The number of benzene rings is 4. The number of halogens is 2. The Balaban J connectivity index is 0.00000336. The highest BCUT2D eigenvalue weighted by Gasteiger charge is 2.20. The predicted molar refractivity (Wildman–Crippen MR) is 153 cm³/mol.